The van der Waals surface area contributed by atoms with Crippen molar-refractivity contribution in [2.24, 2.45) is 5.92 Å². The highest BCUT2D eigenvalue weighted by atomic mass is 32.1. The van der Waals surface area contributed by atoms with Crippen LogP contribution in [-0.4, -0.2) is 49.1 Å². The van der Waals surface area contributed by atoms with Gasteiger partial charge in [0.25, 0.3) is 0 Å². The second-order valence-corrected chi connectivity index (χ2v) is 8.92. The number of para-hydroxylation sites is 2. The molecule has 1 saturated heterocycles. The Labute approximate surface area is 181 Å². The molecule has 1 unspecified atom stereocenters. The molecule has 2 aliphatic heterocycles. The SMILES string of the molecule is CCC1CN(C(=O)N2CCC(C(=O)NCCc3cccs3)CC2)c2ccccc2O1. The lowest BCUT2D eigenvalue weighted by molar-refractivity contribution is -0.126. The number of nitrogens with one attached hydrogen (secondary N) is 1. The van der Waals surface area contributed by atoms with Crippen molar-refractivity contribution in [2.45, 2.75) is 38.7 Å². The molecule has 0 saturated carbocycles. The minimum absolute atomic E-state index is 0.00973. The van der Waals surface area contributed by atoms with Gasteiger partial charge in [-0.3, -0.25) is 9.69 Å². The van der Waals surface area contributed by atoms with E-state index in [-0.39, 0.29) is 24.0 Å². The molecular weight excluding hydrogens is 398 g/mol. The molecule has 1 fully saturated rings. The van der Waals surface area contributed by atoms with Crippen molar-refractivity contribution >= 4 is 29.0 Å². The fourth-order valence-corrected chi connectivity index (χ4v) is 4.81. The van der Waals surface area contributed by atoms with Crippen LogP contribution in [-0.2, 0) is 11.2 Å². The number of thiophene rings is 1. The van der Waals surface area contributed by atoms with E-state index >= 15 is 0 Å². The summed E-state index contributed by atoms with van der Waals surface area (Å²) < 4.78 is 6.00. The van der Waals surface area contributed by atoms with Gasteiger partial charge < -0.3 is 15.0 Å². The maximum atomic E-state index is 13.3. The first-order valence-corrected chi connectivity index (χ1v) is 11.7. The van der Waals surface area contributed by atoms with E-state index in [0.717, 1.165) is 24.3 Å². The number of nitrogens with zero attached hydrogens (tertiary/aromatic N) is 2. The lowest BCUT2D eigenvalue weighted by Crippen LogP contribution is -2.52. The highest BCUT2D eigenvalue weighted by molar-refractivity contribution is 7.09. The number of carbonyl (C=O) groups is 2. The van der Waals surface area contributed by atoms with Crippen LogP contribution >= 0.6 is 11.3 Å². The average molecular weight is 428 g/mol. The van der Waals surface area contributed by atoms with Crippen molar-refractivity contribution in [3.05, 3.63) is 46.7 Å². The predicted octanol–water partition coefficient (Wildman–Crippen LogP) is 3.92. The number of piperidine rings is 1. The van der Waals surface area contributed by atoms with Crippen LogP contribution in [0.5, 0.6) is 5.75 Å². The van der Waals surface area contributed by atoms with Crippen molar-refractivity contribution < 1.29 is 14.3 Å². The summed E-state index contributed by atoms with van der Waals surface area (Å²) in [7, 11) is 0. The summed E-state index contributed by atoms with van der Waals surface area (Å²) in [5.74, 6) is 0.864. The van der Waals surface area contributed by atoms with Crippen LogP contribution in [0.25, 0.3) is 0 Å². The van der Waals surface area contributed by atoms with Gasteiger partial charge in [0.15, 0.2) is 0 Å². The van der Waals surface area contributed by atoms with Crippen LogP contribution < -0.4 is 15.0 Å². The largest absolute Gasteiger partial charge is 0.486 e. The van der Waals surface area contributed by atoms with Crippen molar-refractivity contribution in [2.75, 3.05) is 31.1 Å². The van der Waals surface area contributed by atoms with E-state index in [2.05, 4.69) is 23.7 Å². The van der Waals surface area contributed by atoms with Crippen molar-refractivity contribution in [1.82, 2.24) is 10.2 Å². The van der Waals surface area contributed by atoms with Crippen molar-refractivity contribution in [3.63, 3.8) is 0 Å². The zero-order valence-electron chi connectivity index (χ0n) is 17.4. The van der Waals surface area contributed by atoms with Crippen LogP contribution in [0.4, 0.5) is 10.5 Å². The quantitative estimate of drug-likeness (QED) is 0.787. The molecule has 4 rings (SSSR count). The highest BCUT2D eigenvalue weighted by Gasteiger charge is 2.34. The van der Waals surface area contributed by atoms with Gasteiger partial charge in [0.1, 0.15) is 11.9 Å². The van der Waals surface area contributed by atoms with Crippen molar-refractivity contribution in [3.8, 4) is 5.75 Å². The maximum Gasteiger partial charge on any atom is 0.324 e. The first-order valence-electron chi connectivity index (χ1n) is 10.8. The number of amides is 3. The minimum atomic E-state index is -0.0160. The van der Waals surface area contributed by atoms with Gasteiger partial charge in [0, 0.05) is 30.4 Å². The summed E-state index contributed by atoms with van der Waals surface area (Å²) in [5, 5.41) is 5.12. The molecule has 1 atom stereocenters. The van der Waals surface area contributed by atoms with E-state index in [0.29, 0.717) is 39.0 Å². The lowest BCUT2D eigenvalue weighted by atomic mass is 9.96. The Morgan fingerprint density at radius 3 is 2.70 bits per heavy atom. The molecule has 160 valence electrons. The number of carbonyl (C=O) groups excluding carboxylic acids is 2. The first-order chi connectivity index (χ1) is 14.7. The van der Waals surface area contributed by atoms with Gasteiger partial charge in [-0.2, -0.15) is 0 Å². The minimum Gasteiger partial charge on any atom is -0.486 e. The third kappa shape index (κ3) is 4.61. The number of anilines is 1. The lowest BCUT2D eigenvalue weighted by Gasteiger charge is -2.39. The molecule has 0 spiro atoms. The van der Waals surface area contributed by atoms with Gasteiger partial charge >= 0.3 is 6.03 Å². The molecule has 2 aliphatic rings. The van der Waals surface area contributed by atoms with E-state index in [1.807, 2.05) is 40.1 Å². The summed E-state index contributed by atoms with van der Waals surface area (Å²) in [6.45, 7) is 4.52. The van der Waals surface area contributed by atoms with E-state index in [9.17, 15) is 9.59 Å². The number of benzene rings is 1. The van der Waals surface area contributed by atoms with E-state index in [4.69, 9.17) is 4.74 Å². The summed E-state index contributed by atoms with van der Waals surface area (Å²) in [6, 6.07) is 11.9. The fraction of sp³-hybridized carbons (Fsp3) is 0.478. The summed E-state index contributed by atoms with van der Waals surface area (Å²) >= 11 is 1.72. The van der Waals surface area contributed by atoms with Crippen LogP contribution in [0.2, 0.25) is 0 Å². The molecule has 0 aliphatic carbocycles. The van der Waals surface area contributed by atoms with E-state index < -0.39 is 0 Å². The topological polar surface area (TPSA) is 61.9 Å². The normalized spacial score (nSPS) is 19.2. The number of likely N-dealkylation sites (tertiary alicyclic amines) is 1. The van der Waals surface area contributed by atoms with E-state index in [1.54, 1.807) is 11.3 Å². The molecule has 3 heterocycles. The Morgan fingerprint density at radius 2 is 1.97 bits per heavy atom. The molecule has 0 bridgehead atoms. The molecule has 2 aromatic rings. The third-order valence-corrected chi connectivity index (χ3v) is 6.85. The monoisotopic (exact) mass is 427 g/mol. The molecule has 3 amide bonds. The smallest absolute Gasteiger partial charge is 0.324 e. The molecule has 7 heteroatoms. The van der Waals surface area contributed by atoms with Crippen LogP contribution in [0.3, 0.4) is 0 Å². The molecule has 1 aromatic carbocycles. The highest BCUT2D eigenvalue weighted by Crippen LogP contribution is 2.35. The number of rotatable bonds is 5. The number of fused-ring (bicyclic) bond motifs is 1. The Balaban J connectivity index is 1.30. The number of hydrogen-bond acceptors (Lipinski definition) is 4. The van der Waals surface area contributed by atoms with Gasteiger partial charge in [0.05, 0.1) is 12.2 Å². The van der Waals surface area contributed by atoms with E-state index in [1.165, 1.54) is 4.88 Å². The summed E-state index contributed by atoms with van der Waals surface area (Å²) in [5.41, 5.74) is 0.834. The molecule has 1 N–H and O–H groups in total. The Morgan fingerprint density at radius 1 is 1.17 bits per heavy atom. The number of hydrogen-bond donors (Lipinski definition) is 1. The molecule has 0 radical (unpaired) electrons. The summed E-state index contributed by atoms with van der Waals surface area (Å²) in [4.78, 5) is 30.8. The first kappa shape index (κ1) is 20.7. The fourth-order valence-electron chi connectivity index (χ4n) is 4.10. The van der Waals surface area contributed by atoms with Gasteiger partial charge in [-0.15, -0.1) is 11.3 Å². The molecule has 30 heavy (non-hydrogen) atoms. The molecule has 6 nitrogen and oxygen atoms in total. The van der Waals surface area contributed by atoms with Gasteiger partial charge in [0.2, 0.25) is 5.91 Å². The second kappa shape index (κ2) is 9.51. The van der Waals surface area contributed by atoms with Crippen LogP contribution in [0, 0.1) is 5.92 Å². The van der Waals surface area contributed by atoms with Gasteiger partial charge in [-0.05, 0) is 49.3 Å². The second-order valence-electron chi connectivity index (χ2n) is 7.89. The van der Waals surface area contributed by atoms with Crippen LogP contribution in [0.15, 0.2) is 41.8 Å². The average Bonchev–Trinajstić information content (AvgIpc) is 3.31. The standard InChI is InChI=1S/C23H29N3O3S/c1-2-18-16-26(20-7-3-4-8-21(20)29-18)23(28)25-13-10-17(11-14-25)22(27)24-12-9-19-6-5-15-30-19/h3-8,15,17-18H,2,9-14,16H2,1H3,(H,24,27). The Bertz CT molecular complexity index is 862. The third-order valence-electron chi connectivity index (χ3n) is 5.91. The number of urea groups is 1. The van der Waals surface area contributed by atoms with Crippen molar-refractivity contribution in [1.29, 1.82) is 0 Å². The van der Waals surface area contributed by atoms with Gasteiger partial charge in [-0.1, -0.05) is 25.1 Å². The Hall–Kier alpha value is -2.54. The zero-order chi connectivity index (χ0) is 20.9. The van der Waals surface area contributed by atoms with Gasteiger partial charge in [-0.25, -0.2) is 4.79 Å². The maximum absolute atomic E-state index is 13.3. The van der Waals surface area contributed by atoms with Crippen LogP contribution in [0.1, 0.15) is 31.1 Å². The summed E-state index contributed by atoms with van der Waals surface area (Å²) in [6.07, 6.45) is 3.15. The zero-order valence-corrected chi connectivity index (χ0v) is 18.2. The predicted molar refractivity (Wildman–Crippen MR) is 119 cm³/mol. The Kier molecular flexibility index (Phi) is 6.57. The molecule has 1 aromatic heterocycles. The molecular formula is C23H29N3O3S. The number of ether oxygens (including phenoxy) is 1.